The minimum atomic E-state index is -1.22. The monoisotopic (exact) mass is 322 g/mol. The Morgan fingerprint density at radius 3 is 3.09 bits per heavy atom. The summed E-state index contributed by atoms with van der Waals surface area (Å²) in [7, 11) is 0. The van der Waals surface area contributed by atoms with Crippen LogP contribution < -0.4 is 0 Å². The summed E-state index contributed by atoms with van der Waals surface area (Å²) < 4.78 is 11.2. The number of ether oxygens (including phenoxy) is 2. The number of aliphatic hydroxyl groups is 1. The van der Waals surface area contributed by atoms with Gasteiger partial charge in [0.25, 0.3) is 5.69 Å². The molecule has 4 atom stereocenters. The van der Waals surface area contributed by atoms with Crippen molar-refractivity contribution < 1.29 is 24.3 Å². The van der Waals surface area contributed by atoms with E-state index in [-0.39, 0.29) is 12.1 Å². The summed E-state index contributed by atoms with van der Waals surface area (Å²) in [5, 5.41) is 22.0. The number of esters is 1. The van der Waals surface area contributed by atoms with Crippen LogP contribution in [0.5, 0.6) is 0 Å². The average molecular weight is 322 g/mol. The van der Waals surface area contributed by atoms with Crippen LogP contribution in [0.4, 0.5) is 5.69 Å². The van der Waals surface area contributed by atoms with Gasteiger partial charge in [0.15, 0.2) is 0 Å². The Morgan fingerprint density at radius 2 is 2.39 bits per heavy atom. The van der Waals surface area contributed by atoms with Gasteiger partial charge < -0.3 is 14.6 Å². The number of nitrogens with zero attached hydrogens (tertiary/aromatic N) is 2. The number of pyridine rings is 1. The lowest BCUT2D eigenvalue weighted by Crippen LogP contribution is -2.55. The summed E-state index contributed by atoms with van der Waals surface area (Å²) in [4.78, 5) is 25.8. The Morgan fingerprint density at radius 1 is 1.61 bits per heavy atom. The molecule has 23 heavy (non-hydrogen) atoms. The van der Waals surface area contributed by atoms with Crippen LogP contribution in [0.25, 0.3) is 0 Å². The Hall–Kier alpha value is -2.06. The lowest BCUT2D eigenvalue weighted by Gasteiger charge is -2.44. The number of carbonyl (C=O) groups excluding carboxylic acids is 1. The summed E-state index contributed by atoms with van der Waals surface area (Å²) >= 11 is 0. The van der Waals surface area contributed by atoms with Crippen LogP contribution in [0.1, 0.15) is 44.3 Å². The van der Waals surface area contributed by atoms with Gasteiger partial charge in [0.1, 0.15) is 17.9 Å². The van der Waals surface area contributed by atoms with E-state index in [0.717, 1.165) is 6.42 Å². The number of nitro groups is 1. The van der Waals surface area contributed by atoms with E-state index in [4.69, 9.17) is 9.47 Å². The molecule has 1 saturated carbocycles. The molecule has 0 unspecified atom stereocenters. The van der Waals surface area contributed by atoms with E-state index >= 15 is 0 Å². The maximum atomic E-state index is 11.4. The highest BCUT2D eigenvalue weighted by atomic mass is 16.6. The maximum Gasteiger partial charge on any atom is 0.303 e. The highest BCUT2D eigenvalue weighted by Gasteiger charge is 2.55. The van der Waals surface area contributed by atoms with Gasteiger partial charge >= 0.3 is 5.97 Å². The Bertz CT molecular complexity index is 636. The van der Waals surface area contributed by atoms with Crippen molar-refractivity contribution >= 4 is 11.7 Å². The highest BCUT2D eigenvalue weighted by Crippen LogP contribution is 2.47. The molecule has 0 radical (unpaired) electrons. The zero-order valence-electron chi connectivity index (χ0n) is 12.7. The normalized spacial score (nSPS) is 33.0. The van der Waals surface area contributed by atoms with Crippen molar-refractivity contribution in [3.8, 4) is 0 Å². The van der Waals surface area contributed by atoms with E-state index < -0.39 is 34.8 Å². The fourth-order valence-corrected chi connectivity index (χ4v) is 3.56. The van der Waals surface area contributed by atoms with Crippen molar-refractivity contribution in [2.75, 3.05) is 0 Å². The first-order chi connectivity index (χ1) is 10.9. The van der Waals surface area contributed by atoms with Crippen molar-refractivity contribution in [1.82, 2.24) is 4.98 Å². The van der Waals surface area contributed by atoms with Crippen molar-refractivity contribution in [3.05, 3.63) is 34.1 Å². The van der Waals surface area contributed by atoms with Gasteiger partial charge in [-0.15, -0.1) is 0 Å². The Kier molecular flexibility index (Phi) is 4.03. The van der Waals surface area contributed by atoms with Crippen LogP contribution in [-0.4, -0.2) is 38.8 Å². The summed E-state index contributed by atoms with van der Waals surface area (Å²) in [6.45, 7) is 1.28. The third-order valence-electron chi connectivity index (χ3n) is 4.60. The second-order valence-electron chi connectivity index (χ2n) is 6.02. The molecule has 0 spiro atoms. The number of hydrogen-bond acceptors (Lipinski definition) is 7. The Balaban J connectivity index is 1.93. The van der Waals surface area contributed by atoms with Crippen molar-refractivity contribution in [2.24, 2.45) is 0 Å². The van der Waals surface area contributed by atoms with Crippen LogP contribution in [0, 0.1) is 10.1 Å². The number of carbonyl (C=O) groups is 1. The highest BCUT2D eigenvalue weighted by molar-refractivity contribution is 5.66. The molecule has 1 aromatic rings. The molecule has 124 valence electrons. The second kappa shape index (κ2) is 5.86. The molecule has 1 aliphatic carbocycles. The van der Waals surface area contributed by atoms with E-state index in [1.807, 2.05) is 0 Å². The molecule has 2 fully saturated rings. The third kappa shape index (κ3) is 2.79. The van der Waals surface area contributed by atoms with E-state index in [9.17, 15) is 20.0 Å². The zero-order chi connectivity index (χ0) is 16.6. The van der Waals surface area contributed by atoms with Gasteiger partial charge in [0.2, 0.25) is 0 Å². The predicted molar refractivity (Wildman–Crippen MR) is 77.5 cm³/mol. The summed E-state index contributed by atoms with van der Waals surface area (Å²) in [6.07, 6.45) is 2.83. The minimum absolute atomic E-state index is 0.137. The van der Waals surface area contributed by atoms with Crippen LogP contribution >= 0.6 is 0 Å². The third-order valence-corrected chi connectivity index (χ3v) is 4.60. The van der Waals surface area contributed by atoms with Crippen molar-refractivity contribution in [2.45, 2.75) is 56.5 Å². The van der Waals surface area contributed by atoms with E-state index in [0.29, 0.717) is 18.4 Å². The molecule has 1 saturated heterocycles. The summed E-state index contributed by atoms with van der Waals surface area (Å²) in [5.41, 5.74) is -0.970. The van der Waals surface area contributed by atoms with Crippen LogP contribution in [0.3, 0.4) is 0 Å². The minimum Gasteiger partial charge on any atom is -0.459 e. The molecule has 8 nitrogen and oxygen atoms in total. The molecule has 1 aliphatic heterocycles. The van der Waals surface area contributed by atoms with Gasteiger partial charge in [-0.2, -0.15) is 0 Å². The van der Waals surface area contributed by atoms with Gasteiger partial charge in [-0.1, -0.05) is 0 Å². The topological polar surface area (TPSA) is 112 Å². The van der Waals surface area contributed by atoms with Crippen LogP contribution in [-0.2, 0) is 14.3 Å². The molecule has 3 rings (SSSR count). The predicted octanol–water partition coefficient (Wildman–Crippen LogP) is 1.67. The molecule has 2 heterocycles. The molecular weight excluding hydrogens is 304 g/mol. The molecule has 0 aromatic carbocycles. The lowest BCUT2D eigenvalue weighted by atomic mass is 9.84. The van der Waals surface area contributed by atoms with Gasteiger partial charge in [0.05, 0.1) is 22.7 Å². The molecule has 0 bridgehead atoms. The largest absolute Gasteiger partial charge is 0.459 e. The fraction of sp³-hybridized carbons (Fsp3) is 0.600. The SMILES string of the molecule is CC(=O)O[C@@H]1C[C@H](c2ccncc2[N+](=O)[O-])O[C@@H]2CCC[C@]12O. The van der Waals surface area contributed by atoms with Gasteiger partial charge in [-0.05, 0) is 25.3 Å². The van der Waals surface area contributed by atoms with Gasteiger partial charge in [-0.3, -0.25) is 19.9 Å². The zero-order valence-corrected chi connectivity index (χ0v) is 12.7. The Labute approximate surface area is 132 Å². The summed E-state index contributed by atoms with van der Waals surface area (Å²) in [5.74, 6) is -0.487. The first kappa shape index (κ1) is 15.8. The molecule has 0 amide bonds. The standard InChI is InChI=1S/C15H18N2O6/c1-9(18)22-14-7-12(23-13-3-2-5-15(13,14)19)10-4-6-16-8-11(10)17(20)21/h4,6,8,12-14,19H,2-3,5,7H2,1H3/t12-,13-,14-,15-/m1/s1. The molecule has 2 aliphatic rings. The van der Waals surface area contributed by atoms with Gasteiger partial charge in [0, 0.05) is 19.5 Å². The number of rotatable bonds is 3. The number of hydrogen-bond donors (Lipinski definition) is 1. The number of aromatic nitrogens is 1. The number of fused-ring (bicyclic) bond motifs is 1. The molecule has 1 aromatic heterocycles. The van der Waals surface area contributed by atoms with Crippen molar-refractivity contribution in [3.63, 3.8) is 0 Å². The molecular formula is C15H18N2O6. The van der Waals surface area contributed by atoms with Crippen LogP contribution in [0.15, 0.2) is 18.5 Å². The first-order valence-corrected chi connectivity index (χ1v) is 7.55. The quantitative estimate of drug-likeness (QED) is 0.511. The van der Waals surface area contributed by atoms with Gasteiger partial charge in [-0.25, -0.2) is 0 Å². The lowest BCUT2D eigenvalue weighted by molar-refractivity contribution is -0.387. The molecule has 1 N–H and O–H groups in total. The fourth-order valence-electron chi connectivity index (χ4n) is 3.56. The first-order valence-electron chi connectivity index (χ1n) is 7.55. The van der Waals surface area contributed by atoms with Crippen molar-refractivity contribution in [1.29, 1.82) is 0 Å². The molecule has 8 heteroatoms. The second-order valence-corrected chi connectivity index (χ2v) is 6.02. The van der Waals surface area contributed by atoms with E-state index in [2.05, 4.69) is 4.98 Å². The van der Waals surface area contributed by atoms with E-state index in [1.54, 1.807) is 0 Å². The average Bonchev–Trinajstić information content (AvgIpc) is 2.89. The van der Waals surface area contributed by atoms with Crippen LogP contribution in [0.2, 0.25) is 0 Å². The smallest absolute Gasteiger partial charge is 0.303 e. The van der Waals surface area contributed by atoms with E-state index in [1.165, 1.54) is 25.4 Å². The summed E-state index contributed by atoms with van der Waals surface area (Å²) in [6, 6.07) is 1.53. The maximum absolute atomic E-state index is 11.4.